The molecule has 0 aliphatic carbocycles. The second-order valence-electron chi connectivity index (χ2n) is 3.47. The molecule has 0 atom stereocenters. The molecule has 0 radical (unpaired) electrons. The number of halogens is 1. The van der Waals surface area contributed by atoms with E-state index in [2.05, 4.69) is 10.2 Å². The lowest BCUT2D eigenvalue weighted by atomic mass is 10.1. The van der Waals surface area contributed by atoms with Crippen molar-refractivity contribution in [3.8, 4) is 0 Å². The average molecular weight is 180 g/mol. The number of hydrogen-bond acceptors (Lipinski definition) is 2. The van der Waals surface area contributed by atoms with Crippen LogP contribution in [0.4, 0.5) is 10.1 Å². The van der Waals surface area contributed by atoms with Crippen LogP contribution >= 0.6 is 0 Å². The Bertz CT molecular complexity index is 312. The molecular formula is C10H13FN2. The van der Waals surface area contributed by atoms with Crippen molar-refractivity contribution in [1.29, 1.82) is 0 Å². The lowest BCUT2D eigenvalue weighted by Gasteiger charge is -2.11. The number of rotatable bonds is 0. The van der Waals surface area contributed by atoms with E-state index < -0.39 is 0 Å². The molecule has 0 saturated heterocycles. The zero-order chi connectivity index (χ0) is 9.26. The number of nitrogens with one attached hydrogen (secondary N) is 1. The summed E-state index contributed by atoms with van der Waals surface area (Å²) in [6.07, 6.45) is 0. The maximum absolute atomic E-state index is 12.9. The zero-order valence-electron chi connectivity index (χ0n) is 7.68. The van der Waals surface area contributed by atoms with E-state index in [1.807, 2.05) is 13.1 Å². The normalized spacial score (nSPS) is 17.4. The van der Waals surface area contributed by atoms with Gasteiger partial charge in [-0.2, -0.15) is 0 Å². The molecule has 0 aromatic heterocycles. The first-order chi connectivity index (χ1) is 6.25. The van der Waals surface area contributed by atoms with Crippen molar-refractivity contribution < 1.29 is 4.39 Å². The fraction of sp³-hybridized carbons (Fsp3) is 0.400. The van der Waals surface area contributed by atoms with Crippen molar-refractivity contribution in [2.24, 2.45) is 0 Å². The highest BCUT2D eigenvalue weighted by Crippen LogP contribution is 2.20. The number of anilines is 1. The number of nitrogens with zero attached hydrogens (tertiary/aromatic N) is 1. The summed E-state index contributed by atoms with van der Waals surface area (Å²) in [5.74, 6) is -0.157. The van der Waals surface area contributed by atoms with E-state index >= 15 is 0 Å². The summed E-state index contributed by atoms with van der Waals surface area (Å²) in [6.45, 7) is 2.74. The molecule has 2 nitrogen and oxygen atoms in total. The fourth-order valence-corrected chi connectivity index (χ4v) is 1.62. The molecule has 1 aliphatic heterocycles. The third kappa shape index (κ3) is 1.80. The summed E-state index contributed by atoms with van der Waals surface area (Å²) in [4.78, 5) is 2.18. The average Bonchev–Trinajstić information content (AvgIpc) is 2.25. The number of fused-ring (bicyclic) bond motifs is 1. The Labute approximate surface area is 77.4 Å². The van der Waals surface area contributed by atoms with Gasteiger partial charge in [0, 0.05) is 25.3 Å². The van der Waals surface area contributed by atoms with Crippen LogP contribution in [0.1, 0.15) is 5.56 Å². The monoisotopic (exact) mass is 180 g/mol. The van der Waals surface area contributed by atoms with Crippen molar-refractivity contribution in [3.63, 3.8) is 0 Å². The third-order valence-electron chi connectivity index (χ3n) is 2.32. The number of hydrogen-bond donors (Lipinski definition) is 1. The van der Waals surface area contributed by atoms with Gasteiger partial charge < -0.3 is 10.2 Å². The van der Waals surface area contributed by atoms with Crippen LogP contribution < -0.4 is 5.32 Å². The van der Waals surface area contributed by atoms with Gasteiger partial charge in [0.15, 0.2) is 0 Å². The fourth-order valence-electron chi connectivity index (χ4n) is 1.62. The van der Waals surface area contributed by atoms with E-state index in [0.717, 1.165) is 30.9 Å². The van der Waals surface area contributed by atoms with Crippen LogP contribution in [-0.4, -0.2) is 25.0 Å². The molecule has 1 heterocycles. The van der Waals surface area contributed by atoms with Crippen LogP contribution in [0.15, 0.2) is 18.2 Å². The Morgan fingerprint density at radius 3 is 3.15 bits per heavy atom. The van der Waals surface area contributed by atoms with Crippen LogP contribution in [0.25, 0.3) is 0 Å². The molecule has 0 saturated carbocycles. The van der Waals surface area contributed by atoms with Gasteiger partial charge in [-0.05, 0) is 30.8 Å². The quantitative estimate of drug-likeness (QED) is 0.653. The standard InChI is InChI=1S/C10H13FN2/c1-13-5-4-12-10-3-2-9(11)6-8(10)7-13/h2-3,6,12H,4-5,7H2,1H3. The molecule has 0 amide bonds. The zero-order valence-corrected chi connectivity index (χ0v) is 7.68. The lowest BCUT2D eigenvalue weighted by molar-refractivity contribution is 0.345. The minimum Gasteiger partial charge on any atom is -0.383 e. The summed E-state index contributed by atoms with van der Waals surface area (Å²) >= 11 is 0. The SMILES string of the molecule is CN1CCNc2ccc(F)cc2C1. The van der Waals surface area contributed by atoms with Gasteiger partial charge in [0.1, 0.15) is 5.82 Å². The van der Waals surface area contributed by atoms with Crippen LogP contribution in [-0.2, 0) is 6.54 Å². The second-order valence-corrected chi connectivity index (χ2v) is 3.47. The highest BCUT2D eigenvalue weighted by Gasteiger charge is 2.10. The van der Waals surface area contributed by atoms with Gasteiger partial charge in [0.25, 0.3) is 0 Å². The predicted molar refractivity (Wildman–Crippen MR) is 51.2 cm³/mol. The second kappa shape index (κ2) is 3.34. The van der Waals surface area contributed by atoms with Crippen molar-refractivity contribution in [3.05, 3.63) is 29.6 Å². The summed E-state index contributed by atoms with van der Waals surface area (Å²) < 4.78 is 12.9. The highest BCUT2D eigenvalue weighted by atomic mass is 19.1. The van der Waals surface area contributed by atoms with Crippen molar-refractivity contribution in [2.45, 2.75) is 6.54 Å². The summed E-state index contributed by atoms with van der Waals surface area (Å²) in [5, 5.41) is 3.27. The van der Waals surface area contributed by atoms with E-state index in [1.54, 1.807) is 6.07 Å². The molecule has 70 valence electrons. The first-order valence-corrected chi connectivity index (χ1v) is 4.46. The molecule has 1 N–H and O–H groups in total. The van der Waals surface area contributed by atoms with Gasteiger partial charge in [0.2, 0.25) is 0 Å². The third-order valence-corrected chi connectivity index (χ3v) is 2.32. The Hall–Kier alpha value is -1.09. The largest absolute Gasteiger partial charge is 0.383 e. The first-order valence-electron chi connectivity index (χ1n) is 4.46. The summed E-state index contributed by atoms with van der Waals surface area (Å²) in [6, 6.07) is 4.91. The minimum absolute atomic E-state index is 0.157. The lowest BCUT2D eigenvalue weighted by Crippen LogP contribution is -2.20. The van der Waals surface area contributed by atoms with E-state index in [4.69, 9.17) is 0 Å². The summed E-state index contributed by atoms with van der Waals surface area (Å²) in [5.41, 5.74) is 2.10. The van der Waals surface area contributed by atoms with Crippen molar-refractivity contribution in [2.75, 3.05) is 25.5 Å². The van der Waals surface area contributed by atoms with Crippen molar-refractivity contribution >= 4 is 5.69 Å². The van der Waals surface area contributed by atoms with E-state index in [0.29, 0.717) is 0 Å². The molecule has 13 heavy (non-hydrogen) atoms. The van der Waals surface area contributed by atoms with Gasteiger partial charge in [-0.15, -0.1) is 0 Å². The van der Waals surface area contributed by atoms with Gasteiger partial charge in [-0.3, -0.25) is 0 Å². The molecule has 1 aromatic carbocycles. The van der Waals surface area contributed by atoms with Gasteiger partial charge in [-0.25, -0.2) is 4.39 Å². The van der Waals surface area contributed by atoms with Gasteiger partial charge in [-0.1, -0.05) is 0 Å². The molecule has 2 rings (SSSR count). The molecule has 0 spiro atoms. The molecule has 1 aliphatic rings. The van der Waals surface area contributed by atoms with E-state index in [9.17, 15) is 4.39 Å². The predicted octanol–water partition coefficient (Wildman–Crippen LogP) is 1.68. The first kappa shape index (κ1) is 8.51. The van der Waals surface area contributed by atoms with Crippen LogP contribution in [0.3, 0.4) is 0 Å². The number of benzene rings is 1. The van der Waals surface area contributed by atoms with Crippen LogP contribution in [0.5, 0.6) is 0 Å². The Balaban J connectivity index is 2.35. The van der Waals surface area contributed by atoms with E-state index in [-0.39, 0.29) is 5.82 Å². The van der Waals surface area contributed by atoms with Crippen LogP contribution in [0, 0.1) is 5.82 Å². The van der Waals surface area contributed by atoms with Gasteiger partial charge >= 0.3 is 0 Å². The molecule has 0 bridgehead atoms. The van der Waals surface area contributed by atoms with Gasteiger partial charge in [0.05, 0.1) is 0 Å². The van der Waals surface area contributed by atoms with Crippen molar-refractivity contribution in [1.82, 2.24) is 4.90 Å². The molecule has 3 heteroatoms. The molecular weight excluding hydrogens is 167 g/mol. The Kier molecular flexibility index (Phi) is 2.19. The van der Waals surface area contributed by atoms with Crippen LogP contribution in [0.2, 0.25) is 0 Å². The topological polar surface area (TPSA) is 15.3 Å². The Morgan fingerprint density at radius 2 is 2.31 bits per heavy atom. The maximum atomic E-state index is 12.9. The summed E-state index contributed by atoms with van der Waals surface area (Å²) in [7, 11) is 2.04. The highest BCUT2D eigenvalue weighted by molar-refractivity contribution is 5.51. The van der Waals surface area contributed by atoms with E-state index in [1.165, 1.54) is 6.07 Å². The maximum Gasteiger partial charge on any atom is 0.123 e. The molecule has 0 unspecified atom stereocenters. The minimum atomic E-state index is -0.157. The molecule has 0 fully saturated rings. The smallest absolute Gasteiger partial charge is 0.123 e. The molecule has 1 aromatic rings. The number of likely N-dealkylation sites (N-methyl/N-ethyl adjacent to an activating group) is 1. The Morgan fingerprint density at radius 1 is 1.46 bits per heavy atom.